The maximum atomic E-state index is 11.2. The van der Waals surface area contributed by atoms with Crippen molar-refractivity contribution >= 4 is 11.9 Å². The molecule has 1 atom stereocenters. The van der Waals surface area contributed by atoms with Crippen LogP contribution in [0.4, 0.5) is 0 Å². The summed E-state index contributed by atoms with van der Waals surface area (Å²) in [5.74, 6) is 1.09. The number of guanidine groups is 1. The van der Waals surface area contributed by atoms with Gasteiger partial charge in [0.25, 0.3) is 0 Å². The van der Waals surface area contributed by atoms with E-state index in [9.17, 15) is 4.79 Å². The van der Waals surface area contributed by atoms with Gasteiger partial charge >= 0.3 is 0 Å². The summed E-state index contributed by atoms with van der Waals surface area (Å²) in [5, 5.41) is 6.68. The fraction of sp³-hybridized carbons (Fsp3) is 0.556. The number of primary amides is 1. The minimum atomic E-state index is -0.414. The van der Waals surface area contributed by atoms with Crippen molar-refractivity contribution in [3.8, 4) is 0 Å². The Morgan fingerprint density at radius 3 is 2.61 bits per heavy atom. The van der Waals surface area contributed by atoms with Crippen molar-refractivity contribution in [3.05, 3.63) is 35.4 Å². The van der Waals surface area contributed by atoms with Gasteiger partial charge in [-0.25, -0.2) is 4.99 Å². The molecule has 1 amide bonds. The number of nitrogens with two attached hydrogens (primary N) is 1. The van der Waals surface area contributed by atoms with Crippen LogP contribution in [0.2, 0.25) is 0 Å². The van der Waals surface area contributed by atoms with E-state index in [-0.39, 0.29) is 0 Å². The first kappa shape index (κ1) is 19.0. The van der Waals surface area contributed by atoms with Gasteiger partial charge in [0.05, 0.1) is 6.54 Å². The number of aliphatic imine (C=N–C) groups is 1. The number of hydrogen-bond acceptors (Lipinski definition) is 2. The van der Waals surface area contributed by atoms with Gasteiger partial charge in [0.1, 0.15) is 0 Å². The molecule has 0 spiro atoms. The van der Waals surface area contributed by atoms with E-state index in [4.69, 9.17) is 5.73 Å². The number of hydrogen-bond donors (Lipinski definition) is 3. The molecule has 0 saturated carbocycles. The number of nitrogens with one attached hydrogen (secondary N) is 2. The Morgan fingerprint density at radius 1 is 1.26 bits per heavy atom. The molecule has 0 heterocycles. The lowest BCUT2D eigenvalue weighted by Crippen LogP contribution is -2.42. The number of rotatable bonds is 8. The highest BCUT2D eigenvalue weighted by molar-refractivity contribution is 5.92. The second-order valence-corrected chi connectivity index (χ2v) is 6.28. The minimum absolute atomic E-state index is 0.368. The number of benzene rings is 1. The molecule has 0 saturated heterocycles. The highest BCUT2D eigenvalue weighted by Crippen LogP contribution is 2.08. The van der Waals surface area contributed by atoms with E-state index < -0.39 is 5.91 Å². The molecule has 1 aromatic carbocycles. The standard InChI is InChI=1S/C18H30N4O/c1-5-20-18(22-14(4)10-9-13(2)3)21-12-15-7-6-8-16(11-15)17(19)23/h6-8,11,13-14H,5,9-10,12H2,1-4H3,(H2,19,23)(H2,20,21,22). The monoisotopic (exact) mass is 318 g/mol. The van der Waals surface area contributed by atoms with Crippen LogP contribution in [0.3, 0.4) is 0 Å². The molecule has 0 radical (unpaired) electrons. The second kappa shape index (κ2) is 9.87. The molecule has 23 heavy (non-hydrogen) atoms. The average molecular weight is 318 g/mol. The summed E-state index contributed by atoms with van der Waals surface area (Å²) in [6.45, 7) is 10.00. The van der Waals surface area contributed by atoms with E-state index in [0.717, 1.165) is 24.5 Å². The maximum Gasteiger partial charge on any atom is 0.248 e. The summed E-state index contributed by atoms with van der Waals surface area (Å²) >= 11 is 0. The van der Waals surface area contributed by atoms with Crippen LogP contribution in [-0.4, -0.2) is 24.5 Å². The normalized spacial score (nSPS) is 13.0. The van der Waals surface area contributed by atoms with E-state index in [2.05, 4.69) is 36.4 Å². The van der Waals surface area contributed by atoms with Gasteiger partial charge < -0.3 is 16.4 Å². The van der Waals surface area contributed by atoms with Gasteiger partial charge in [0.15, 0.2) is 5.96 Å². The summed E-state index contributed by atoms with van der Waals surface area (Å²) in [5.41, 5.74) is 6.79. The van der Waals surface area contributed by atoms with Crippen LogP contribution in [0.15, 0.2) is 29.3 Å². The quantitative estimate of drug-likeness (QED) is 0.509. The van der Waals surface area contributed by atoms with Crippen LogP contribution in [0, 0.1) is 5.92 Å². The first-order valence-electron chi connectivity index (χ1n) is 8.36. The van der Waals surface area contributed by atoms with Crippen LogP contribution < -0.4 is 16.4 Å². The summed E-state index contributed by atoms with van der Waals surface area (Å²) in [7, 11) is 0. The average Bonchev–Trinajstić information content (AvgIpc) is 2.51. The van der Waals surface area contributed by atoms with Gasteiger partial charge in [-0.3, -0.25) is 4.79 Å². The molecule has 128 valence electrons. The third kappa shape index (κ3) is 7.68. The molecule has 0 aliphatic carbocycles. The fourth-order valence-electron chi connectivity index (χ4n) is 2.20. The van der Waals surface area contributed by atoms with Crippen LogP contribution in [0.25, 0.3) is 0 Å². The first-order valence-corrected chi connectivity index (χ1v) is 8.36. The molecule has 1 unspecified atom stereocenters. The zero-order chi connectivity index (χ0) is 17.2. The van der Waals surface area contributed by atoms with E-state index in [1.54, 1.807) is 12.1 Å². The van der Waals surface area contributed by atoms with Crippen LogP contribution in [0.5, 0.6) is 0 Å². The highest BCUT2D eigenvalue weighted by Gasteiger charge is 2.07. The molecular formula is C18H30N4O. The summed E-state index contributed by atoms with van der Waals surface area (Å²) in [6.07, 6.45) is 2.30. The van der Waals surface area contributed by atoms with Crippen molar-refractivity contribution < 1.29 is 4.79 Å². The van der Waals surface area contributed by atoms with Crippen LogP contribution >= 0.6 is 0 Å². The largest absolute Gasteiger partial charge is 0.366 e. The Labute approximate surface area is 139 Å². The lowest BCUT2D eigenvalue weighted by atomic mass is 10.0. The van der Waals surface area contributed by atoms with Gasteiger partial charge in [-0.1, -0.05) is 26.0 Å². The lowest BCUT2D eigenvalue weighted by Gasteiger charge is -2.18. The van der Waals surface area contributed by atoms with Gasteiger partial charge in [-0.2, -0.15) is 0 Å². The molecule has 5 heteroatoms. The van der Waals surface area contributed by atoms with Crippen LogP contribution in [-0.2, 0) is 6.54 Å². The van der Waals surface area contributed by atoms with E-state index in [0.29, 0.717) is 24.1 Å². The van der Waals surface area contributed by atoms with E-state index >= 15 is 0 Å². The van der Waals surface area contributed by atoms with Gasteiger partial charge in [0, 0.05) is 18.2 Å². The molecule has 0 aliphatic heterocycles. The van der Waals surface area contributed by atoms with Crippen molar-refractivity contribution in [1.82, 2.24) is 10.6 Å². The highest BCUT2D eigenvalue weighted by atomic mass is 16.1. The molecule has 0 bridgehead atoms. The molecular weight excluding hydrogens is 288 g/mol. The number of nitrogens with zero attached hydrogens (tertiary/aromatic N) is 1. The van der Waals surface area contributed by atoms with Crippen molar-refractivity contribution in [2.24, 2.45) is 16.6 Å². The molecule has 1 rings (SSSR count). The Morgan fingerprint density at radius 2 is 2.00 bits per heavy atom. The van der Waals surface area contributed by atoms with Crippen molar-refractivity contribution in [2.45, 2.75) is 53.1 Å². The summed E-state index contributed by atoms with van der Waals surface area (Å²) < 4.78 is 0. The Bertz CT molecular complexity index is 526. The first-order chi connectivity index (χ1) is 10.9. The predicted molar refractivity (Wildman–Crippen MR) is 96.4 cm³/mol. The predicted octanol–water partition coefficient (Wildman–Crippen LogP) is 2.67. The third-order valence-electron chi connectivity index (χ3n) is 3.54. The zero-order valence-electron chi connectivity index (χ0n) is 14.7. The molecule has 0 aliphatic rings. The molecule has 5 nitrogen and oxygen atoms in total. The van der Waals surface area contributed by atoms with Crippen molar-refractivity contribution in [2.75, 3.05) is 6.54 Å². The second-order valence-electron chi connectivity index (χ2n) is 6.28. The Kier molecular flexibility index (Phi) is 8.16. The van der Waals surface area contributed by atoms with Gasteiger partial charge in [0.2, 0.25) is 5.91 Å². The topological polar surface area (TPSA) is 79.5 Å². The number of carbonyl (C=O) groups excluding carboxylic acids is 1. The SMILES string of the molecule is CCNC(=NCc1cccc(C(N)=O)c1)NC(C)CCC(C)C. The Balaban J connectivity index is 2.67. The van der Waals surface area contributed by atoms with E-state index in [1.165, 1.54) is 6.42 Å². The van der Waals surface area contributed by atoms with E-state index in [1.807, 2.05) is 19.1 Å². The molecule has 1 aromatic rings. The molecule has 0 fully saturated rings. The van der Waals surface area contributed by atoms with Gasteiger partial charge in [-0.15, -0.1) is 0 Å². The summed E-state index contributed by atoms with van der Waals surface area (Å²) in [6, 6.07) is 7.65. The van der Waals surface area contributed by atoms with Crippen molar-refractivity contribution in [1.29, 1.82) is 0 Å². The zero-order valence-corrected chi connectivity index (χ0v) is 14.7. The third-order valence-corrected chi connectivity index (χ3v) is 3.54. The molecule has 0 aromatic heterocycles. The fourth-order valence-corrected chi connectivity index (χ4v) is 2.20. The Hall–Kier alpha value is -2.04. The summed E-state index contributed by atoms with van der Waals surface area (Å²) in [4.78, 5) is 15.8. The number of amides is 1. The van der Waals surface area contributed by atoms with Gasteiger partial charge in [-0.05, 0) is 50.3 Å². The smallest absolute Gasteiger partial charge is 0.248 e. The van der Waals surface area contributed by atoms with Crippen molar-refractivity contribution in [3.63, 3.8) is 0 Å². The van der Waals surface area contributed by atoms with Crippen LogP contribution in [0.1, 0.15) is 56.5 Å². The number of carbonyl (C=O) groups is 1. The lowest BCUT2D eigenvalue weighted by molar-refractivity contribution is 0.1000. The molecule has 4 N–H and O–H groups in total. The maximum absolute atomic E-state index is 11.2. The minimum Gasteiger partial charge on any atom is -0.366 e.